The summed E-state index contributed by atoms with van der Waals surface area (Å²) < 4.78 is 0. The molecule has 2 rings (SSSR count). The van der Waals surface area contributed by atoms with E-state index in [4.69, 9.17) is 5.11 Å². The maximum Gasteiger partial charge on any atom is 0.185 e. The fraction of sp³-hybridized carbons (Fsp3) is 0.769. The molecule has 1 aromatic rings. The Morgan fingerprint density at radius 1 is 1.39 bits per heavy atom. The van der Waals surface area contributed by atoms with Crippen molar-refractivity contribution in [2.75, 3.05) is 38.7 Å². The van der Waals surface area contributed by atoms with E-state index in [9.17, 15) is 0 Å². The summed E-state index contributed by atoms with van der Waals surface area (Å²) in [7, 11) is 4.07. The monoisotopic (exact) mass is 269 g/mol. The van der Waals surface area contributed by atoms with E-state index in [1.807, 2.05) is 14.1 Å². The van der Waals surface area contributed by atoms with Crippen LogP contribution in [0.2, 0.25) is 0 Å². The minimum Gasteiger partial charge on any atom is -0.396 e. The molecule has 0 unspecified atom stereocenters. The van der Waals surface area contributed by atoms with Gasteiger partial charge >= 0.3 is 0 Å². The molecule has 1 aliphatic heterocycles. The van der Waals surface area contributed by atoms with Crippen LogP contribution in [0.25, 0.3) is 0 Å². The molecule has 0 radical (unpaired) electrons. The zero-order valence-corrected chi connectivity index (χ0v) is 12.3. The predicted octanol–water partition coefficient (Wildman–Crippen LogP) is 1.72. The van der Waals surface area contributed by atoms with Crippen LogP contribution in [0.15, 0.2) is 0 Å². The number of likely N-dealkylation sites (tertiary alicyclic amines) is 1. The third-order valence-electron chi connectivity index (χ3n) is 3.60. The van der Waals surface area contributed by atoms with Gasteiger partial charge in [-0.2, -0.15) is 0 Å². The second-order valence-corrected chi connectivity index (χ2v) is 6.36. The average Bonchev–Trinajstić information content (AvgIpc) is 2.72. The zero-order valence-electron chi connectivity index (χ0n) is 11.5. The molecule has 1 saturated heterocycles. The van der Waals surface area contributed by atoms with E-state index in [1.165, 1.54) is 4.88 Å². The van der Waals surface area contributed by atoms with Crippen molar-refractivity contribution in [3.63, 3.8) is 0 Å². The third-order valence-corrected chi connectivity index (χ3v) is 4.91. The number of rotatable bonds is 4. The maximum atomic E-state index is 9.14. The van der Waals surface area contributed by atoms with Crippen LogP contribution in [0, 0.1) is 12.8 Å². The van der Waals surface area contributed by atoms with Crippen LogP contribution in [-0.4, -0.2) is 48.8 Å². The molecule has 102 valence electrons. The zero-order chi connectivity index (χ0) is 13.1. The minimum atomic E-state index is 0.345. The number of piperidine rings is 1. The standard InChI is InChI=1S/C13H23N3OS/c1-10-12(18-13(14-10)15(2)3)8-16-6-4-11(9-17)5-7-16/h11,17H,4-9H2,1-3H3. The van der Waals surface area contributed by atoms with Crippen molar-refractivity contribution in [1.82, 2.24) is 9.88 Å². The predicted molar refractivity (Wildman–Crippen MR) is 76.3 cm³/mol. The van der Waals surface area contributed by atoms with Gasteiger partial charge in [0, 0.05) is 32.1 Å². The molecule has 4 nitrogen and oxygen atoms in total. The lowest BCUT2D eigenvalue weighted by molar-refractivity contribution is 0.128. The molecule has 1 fully saturated rings. The molecule has 0 saturated carbocycles. The highest BCUT2D eigenvalue weighted by Crippen LogP contribution is 2.27. The van der Waals surface area contributed by atoms with Gasteiger partial charge in [0.05, 0.1) is 5.69 Å². The molecular weight excluding hydrogens is 246 g/mol. The highest BCUT2D eigenvalue weighted by atomic mass is 32.1. The van der Waals surface area contributed by atoms with Crippen LogP contribution < -0.4 is 4.90 Å². The van der Waals surface area contributed by atoms with Gasteiger partial charge < -0.3 is 10.0 Å². The first kappa shape index (κ1) is 13.8. The number of aryl methyl sites for hydroxylation is 1. The molecule has 0 amide bonds. The number of thiazole rings is 1. The number of hydrogen-bond acceptors (Lipinski definition) is 5. The lowest BCUT2D eigenvalue weighted by atomic mass is 9.98. The first-order valence-corrected chi connectivity index (χ1v) is 7.38. The normalized spacial score (nSPS) is 18.2. The Morgan fingerprint density at radius 2 is 2.06 bits per heavy atom. The summed E-state index contributed by atoms with van der Waals surface area (Å²) in [5, 5.41) is 10.2. The summed E-state index contributed by atoms with van der Waals surface area (Å²) in [6, 6.07) is 0. The van der Waals surface area contributed by atoms with Crippen LogP contribution in [0.3, 0.4) is 0 Å². The second kappa shape index (κ2) is 5.99. The Kier molecular flexibility index (Phi) is 4.59. The molecule has 0 bridgehead atoms. The fourth-order valence-corrected chi connectivity index (χ4v) is 3.31. The van der Waals surface area contributed by atoms with Gasteiger partial charge in [0.2, 0.25) is 0 Å². The van der Waals surface area contributed by atoms with Crippen LogP contribution in [0.5, 0.6) is 0 Å². The molecule has 0 aliphatic carbocycles. The summed E-state index contributed by atoms with van der Waals surface area (Å²) in [4.78, 5) is 10.5. The Balaban J connectivity index is 1.94. The Hall–Kier alpha value is -0.650. The van der Waals surface area contributed by atoms with Crippen molar-refractivity contribution in [3.05, 3.63) is 10.6 Å². The molecular formula is C13H23N3OS. The van der Waals surface area contributed by atoms with Gasteiger partial charge in [-0.15, -0.1) is 11.3 Å². The summed E-state index contributed by atoms with van der Waals surface area (Å²) in [5.74, 6) is 0.515. The van der Waals surface area contributed by atoms with Gasteiger partial charge in [-0.1, -0.05) is 0 Å². The lowest BCUT2D eigenvalue weighted by Gasteiger charge is -2.30. The Morgan fingerprint density at radius 3 is 2.56 bits per heavy atom. The average molecular weight is 269 g/mol. The van der Waals surface area contributed by atoms with Crippen molar-refractivity contribution in [2.24, 2.45) is 5.92 Å². The van der Waals surface area contributed by atoms with E-state index >= 15 is 0 Å². The lowest BCUT2D eigenvalue weighted by Crippen LogP contribution is -2.34. The molecule has 1 N–H and O–H groups in total. The van der Waals surface area contributed by atoms with Crippen molar-refractivity contribution < 1.29 is 5.11 Å². The van der Waals surface area contributed by atoms with Gasteiger partial charge in [0.15, 0.2) is 5.13 Å². The first-order valence-electron chi connectivity index (χ1n) is 6.57. The SMILES string of the molecule is Cc1nc(N(C)C)sc1CN1CCC(CO)CC1. The van der Waals surface area contributed by atoms with E-state index in [1.54, 1.807) is 11.3 Å². The number of hydrogen-bond donors (Lipinski definition) is 1. The van der Waals surface area contributed by atoms with Gasteiger partial charge in [-0.25, -0.2) is 4.98 Å². The quantitative estimate of drug-likeness (QED) is 0.903. The van der Waals surface area contributed by atoms with E-state index in [2.05, 4.69) is 21.7 Å². The topological polar surface area (TPSA) is 39.6 Å². The molecule has 0 spiro atoms. The van der Waals surface area contributed by atoms with E-state index in [0.717, 1.165) is 43.3 Å². The minimum absolute atomic E-state index is 0.345. The van der Waals surface area contributed by atoms with Crippen LogP contribution in [0.4, 0.5) is 5.13 Å². The summed E-state index contributed by atoms with van der Waals surface area (Å²) in [5.41, 5.74) is 1.16. The number of nitrogens with zero attached hydrogens (tertiary/aromatic N) is 3. The molecule has 5 heteroatoms. The highest BCUT2D eigenvalue weighted by molar-refractivity contribution is 7.15. The Labute approximate surface area is 113 Å². The molecule has 1 aliphatic rings. The molecule has 0 aromatic carbocycles. The van der Waals surface area contributed by atoms with E-state index in [0.29, 0.717) is 12.5 Å². The van der Waals surface area contributed by atoms with Gasteiger partial charge in [-0.3, -0.25) is 4.90 Å². The molecule has 0 atom stereocenters. The van der Waals surface area contributed by atoms with Crippen molar-refractivity contribution in [3.8, 4) is 0 Å². The number of aliphatic hydroxyl groups excluding tert-OH is 1. The molecule has 1 aromatic heterocycles. The number of aliphatic hydroxyl groups is 1. The van der Waals surface area contributed by atoms with Crippen LogP contribution in [0.1, 0.15) is 23.4 Å². The van der Waals surface area contributed by atoms with Crippen molar-refractivity contribution in [1.29, 1.82) is 0 Å². The smallest absolute Gasteiger partial charge is 0.185 e. The van der Waals surface area contributed by atoms with Crippen LogP contribution >= 0.6 is 11.3 Å². The molecule has 2 heterocycles. The third kappa shape index (κ3) is 3.22. The fourth-order valence-electron chi connectivity index (χ4n) is 2.28. The van der Waals surface area contributed by atoms with Gasteiger partial charge in [0.25, 0.3) is 0 Å². The second-order valence-electron chi connectivity index (χ2n) is 5.30. The highest BCUT2D eigenvalue weighted by Gasteiger charge is 2.20. The summed E-state index contributed by atoms with van der Waals surface area (Å²) in [6.45, 7) is 5.65. The maximum absolute atomic E-state index is 9.14. The van der Waals surface area contributed by atoms with E-state index < -0.39 is 0 Å². The van der Waals surface area contributed by atoms with Crippen molar-refractivity contribution in [2.45, 2.75) is 26.3 Å². The van der Waals surface area contributed by atoms with E-state index in [-0.39, 0.29) is 0 Å². The number of anilines is 1. The van der Waals surface area contributed by atoms with Crippen molar-refractivity contribution >= 4 is 16.5 Å². The summed E-state index contributed by atoms with van der Waals surface area (Å²) >= 11 is 1.79. The molecule has 18 heavy (non-hydrogen) atoms. The number of aromatic nitrogens is 1. The Bertz CT molecular complexity index is 384. The van der Waals surface area contributed by atoms with Crippen LogP contribution in [-0.2, 0) is 6.54 Å². The van der Waals surface area contributed by atoms with Gasteiger partial charge in [0.1, 0.15) is 0 Å². The summed E-state index contributed by atoms with van der Waals surface area (Å²) in [6.07, 6.45) is 2.24. The largest absolute Gasteiger partial charge is 0.396 e. The first-order chi connectivity index (χ1) is 8.60. The van der Waals surface area contributed by atoms with Gasteiger partial charge in [-0.05, 0) is 38.8 Å².